The van der Waals surface area contributed by atoms with E-state index in [1.165, 1.54) is 42.7 Å². The van der Waals surface area contributed by atoms with E-state index in [2.05, 4.69) is 4.99 Å². The van der Waals surface area contributed by atoms with Gasteiger partial charge in [-0.2, -0.15) is 4.99 Å². The number of non-ortho nitro benzene ring substituents is 1. The standard InChI is InChI=1S/C19H17N3O5S/c1-11-7-12(2)17-15(8-11)28-19(21(17)10-16(23)27-3)20-18(24)13-5-4-6-14(9-13)22(25)26/h4-9H,10H2,1-3H3. The molecule has 2 aromatic carbocycles. The summed E-state index contributed by atoms with van der Waals surface area (Å²) in [6.07, 6.45) is 0. The first-order valence-electron chi connectivity index (χ1n) is 8.31. The maximum Gasteiger partial charge on any atom is 0.325 e. The molecule has 3 aromatic rings. The van der Waals surface area contributed by atoms with Crippen LogP contribution in [0.5, 0.6) is 0 Å². The van der Waals surface area contributed by atoms with E-state index in [1.807, 2.05) is 26.0 Å². The third-order valence-electron chi connectivity index (χ3n) is 4.13. The van der Waals surface area contributed by atoms with Crippen LogP contribution in [0, 0.1) is 24.0 Å². The minimum absolute atomic E-state index is 0.0958. The highest BCUT2D eigenvalue weighted by atomic mass is 32.1. The van der Waals surface area contributed by atoms with Gasteiger partial charge < -0.3 is 9.30 Å². The number of amides is 1. The Morgan fingerprint density at radius 1 is 1.25 bits per heavy atom. The monoisotopic (exact) mass is 399 g/mol. The van der Waals surface area contributed by atoms with Gasteiger partial charge in [0.25, 0.3) is 11.6 Å². The van der Waals surface area contributed by atoms with Gasteiger partial charge in [-0.3, -0.25) is 19.7 Å². The minimum Gasteiger partial charge on any atom is -0.468 e. The third-order valence-corrected chi connectivity index (χ3v) is 5.15. The average Bonchev–Trinajstić information content (AvgIpc) is 2.98. The van der Waals surface area contributed by atoms with Crippen LogP contribution in [0.1, 0.15) is 21.5 Å². The number of hydrogen-bond acceptors (Lipinski definition) is 6. The van der Waals surface area contributed by atoms with Crippen LogP contribution < -0.4 is 4.80 Å². The molecule has 0 aliphatic heterocycles. The van der Waals surface area contributed by atoms with E-state index in [4.69, 9.17) is 4.74 Å². The number of nitro benzene ring substituents is 1. The molecule has 0 aliphatic rings. The van der Waals surface area contributed by atoms with Crippen molar-refractivity contribution >= 4 is 39.1 Å². The van der Waals surface area contributed by atoms with Gasteiger partial charge in [0.05, 0.1) is 22.2 Å². The van der Waals surface area contributed by atoms with Crippen molar-refractivity contribution in [1.82, 2.24) is 4.57 Å². The van der Waals surface area contributed by atoms with Gasteiger partial charge in [-0.25, -0.2) is 0 Å². The summed E-state index contributed by atoms with van der Waals surface area (Å²) < 4.78 is 7.28. The van der Waals surface area contributed by atoms with Gasteiger partial charge in [0.15, 0.2) is 4.80 Å². The van der Waals surface area contributed by atoms with E-state index in [-0.39, 0.29) is 17.8 Å². The summed E-state index contributed by atoms with van der Waals surface area (Å²) in [5.74, 6) is -1.09. The lowest BCUT2D eigenvalue weighted by Gasteiger charge is -2.06. The molecule has 0 N–H and O–H groups in total. The second-order valence-corrected chi connectivity index (χ2v) is 7.21. The van der Waals surface area contributed by atoms with Crippen LogP contribution >= 0.6 is 11.3 Å². The number of rotatable bonds is 4. The van der Waals surface area contributed by atoms with Crippen LogP contribution in [0.3, 0.4) is 0 Å². The Morgan fingerprint density at radius 2 is 2.00 bits per heavy atom. The summed E-state index contributed by atoms with van der Waals surface area (Å²) in [7, 11) is 1.29. The molecule has 9 heteroatoms. The molecule has 0 saturated heterocycles. The zero-order valence-corrected chi connectivity index (χ0v) is 16.3. The summed E-state index contributed by atoms with van der Waals surface area (Å²) >= 11 is 1.27. The quantitative estimate of drug-likeness (QED) is 0.381. The molecule has 1 amide bonds. The lowest BCUT2D eigenvalue weighted by atomic mass is 10.1. The topological polar surface area (TPSA) is 104 Å². The van der Waals surface area contributed by atoms with Crippen LogP contribution in [0.4, 0.5) is 5.69 Å². The van der Waals surface area contributed by atoms with Crippen molar-refractivity contribution < 1.29 is 19.2 Å². The highest BCUT2D eigenvalue weighted by Crippen LogP contribution is 2.23. The SMILES string of the molecule is COC(=O)Cn1c(=NC(=O)c2cccc([N+](=O)[O-])c2)sc2cc(C)cc(C)c21. The highest BCUT2D eigenvalue weighted by Gasteiger charge is 2.16. The second-order valence-electron chi connectivity index (χ2n) is 6.20. The number of nitrogens with zero attached hydrogens (tertiary/aromatic N) is 3. The fraction of sp³-hybridized carbons (Fsp3) is 0.211. The summed E-state index contributed by atoms with van der Waals surface area (Å²) in [4.78, 5) is 39.3. The first-order valence-corrected chi connectivity index (χ1v) is 9.12. The molecular formula is C19H17N3O5S. The van der Waals surface area contributed by atoms with Gasteiger partial charge in [-0.15, -0.1) is 0 Å². The molecule has 1 aromatic heterocycles. The van der Waals surface area contributed by atoms with E-state index in [0.29, 0.717) is 4.80 Å². The van der Waals surface area contributed by atoms with E-state index in [9.17, 15) is 19.7 Å². The molecule has 1 heterocycles. The van der Waals surface area contributed by atoms with E-state index >= 15 is 0 Å². The molecule has 0 aliphatic carbocycles. The fourth-order valence-electron chi connectivity index (χ4n) is 2.92. The summed E-state index contributed by atoms with van der Waals surface area (Å²) in [6, 6.07) is 9.32. The Morgan fingerprint density at radius 3 is 2.68 bits per heavy atom. The molecule has 144 valence electrons. The summed E-state index contributed by atoms with van der Waals surface area (Å²) in [6.45, 7) is 3.78. The van der Waals surface area contributed by atoms with Crippen molar-refractivity contribution in [3.8, 4) is 0 Å². The van der Waals surface area contributed by atoms with E-state index in [1.54, 1.807) is 4.57 Å². The first-order chi connectivity index (χ1) is 13.3. The van der Waals surface area contributed by atoms with Gasteiger partial charge in [0.2, 0.25) is 0 Å². The van der Waals surface area contributed by atoms with Gasteiger partial charge in [-0.05, 0) is 37.1 Å². The number of methoxy groups -OCH3 is 1. The normalized spacial score (nSPS) is 11.6. The minimum atomic E-state index is -0.622. The number of carbonyl (C=O) groups excluding carboxylic acids is 2. The Hall–Kier alpha value is -3.33. The predicted molar refractivity (Wildman–Crippen MR) is 104 cm³/mol. The number of nitro groups is 1. The molecule has 0 bridgehead atoms. The summed E-state index contributed by atoms with van der Waals surface area (Å²) in [5, 5.41) is 10.9. The molecule has 28 heavy (non-hydrogen) atoms. The van der Waals surface area contributed by atoms with Crippen LogP contribution in [-0.2, 0) is 16.1 Å². The lowest BCUT2D eigenvalue weighted by molar-refractivity contribution is -0.384. The number of fused-ring (bicyclic) bond motifs is 1. The Balaban J connectivity index is 2.18. The molecule has 8 nitrogen and oxygen atoms in total. The smallest absolute Gasteiger partial charge is 0.325 e. The van der Waals surface area contributed by atoms with Crippen molar-refractivity contribution in [2.24, 2.45) is 4.99 Å². The molecule has 3 rings (SSSR count). The molecule has 0 saturated carbocycles. The zero-order valence-electron chi connectivity index (χ0n) is 15.5. The number of esters is 1. The van der Waals surface area contributed by atoms with Crippen molar-refractivity contribution in [3.05, 3.63) is 68.0 Å². The van der Waals surface area contributed by atoms with E-state index < -0.39 is 16.8 Å². The van der Waals surface area contributed by atoms with Crippen molar-refractivity contribution in [2.75, 3.05) is 7.11 Å². The molecule has 0 radical (unpaired) electrons. The third kappa shape index (κ3) is 3.84. The highest BCUT2D eigenvalue weighted by molar-refractivity contribution is 7.16. The van der Waals surface area contributed by atoms with Gasteiger partial charge in [-0.1, -0.05) is 23.5 Å². The fourth-order valence-corrected chi connectivity index (χ4v) is 4.13. The predicted octanol–water partition coefficient (Wildman–Crippen LogP) is 3.14. The molecule has 0 unspecified atom stereocenters. The van der Waals surface area contributed by atoms with Crippen molar-refractivity contribution in [3.63, 3.8) is 0 Å². The van der Waals surface area contributed by atoms with Gasteiger partial charge in [0.1, 0.15) is 6.54 Å². The lowest BCUT2D eigenvalue weighted by Crippen LogP contribution is -2.22. The average molecular weight is 399 g/mol. The maximum atomic E-state index is 12.6. The second kappa shape index (κ2) is 7.73. The largest absolute Gasteiger partial charge is 0.468 e. The number of ether oxygens (including phenoxy) is 1. The summed E-state index contributed by atoms with van der Waals surface area (Å²) in [5.41, 5.74) is 2.70. The Kier molecular flexibility index (Phi) is 5.36. The van der Waals surface area contributed by atoms with Crippen LogP contribution in [0.25, 0.3) is 10.2 Å². The van der Waals surface area contributed by atoms with Crippen LogP contribution in [-0.4, -0.2) is 28.5 Å². The maximum absolute atomic E-state index is 12.6. The molecular weight excluding hydrogens is 382 g/mol. The number of carbonyl (C=O) groups is 2. The number of hydrogen-bond donors (Lipinski definition) is 0. The van der Waals surface area contributed by atoms with Crippen LogP contribution in [0.15, 0.2) is 41.4 Å². The molecule has 0 spiro atoms. The molecule has 0 atom stereocenters. The Bertz CT molecular complexity index is 1180. The van der Waals surface area contributed by atoms with Gasteiger partial charge in [0, 0.05) is 17.7 Å². The Labute approximate surface area is 163 Å². The van der Waals surface area contributed by atoms with Gasteiger partial charge >= 0.3 is 5.97 Å². The molecule has 0 fully saturated rings. The van der Waals surface area contributed by atoms with E-state index in [0.717, 1.165) is 21.3 Å². The van der Waals surface area contributed by atoms with Crippen molar-refractivity contribution in [2.45, 2.75) is 20.4 Å². The van der Waals surface area contributed by atoms with Crippen LogP contribution in [0.2, 0.25) is 0 Å². The van der Waals surface area contributed by atoms with Crippen molar-refractivity contribution in [1.29, 1.82) is 0 Å². The number of benzene rings is 2. The zero-order chi connectivity index (χ0) is 20.4. The number of thiazole rings is 1. The number of aromatic nitrogens is 1. The number of aryl methyl sites for hydroxylation is 2. The first kappa shape index (κ1) is 19.4.